The largest absolute Gasteiger partial charge is 0.105 e. The fraction of sp³-hybridized carbons (Fsp3) is 0.842. The van der Waals surface area contributed by atoms with Crippen LogP contribution >= 0.6 is 9.24 Å². The summed E-state index contributed by atoms with van der Waals surface area (Å²) in [5, 5.41) is 1.44. The quantitative estimate of drug-likeness (QED) is 0.149. The molecule has 1 saturated carbocycles. The zero-order chi connectivity index (χ0) is 27.8. The molecule has 0 aromatic heterocycles. The molecule has 226 valence electrons. The van der Waals surface area contributed by atoms with Crippen molar-refractivity contribution in [2.45, 2.75) is 200 Å². The molecule has 0 aliphatic heterocycles. The average Bonchev–Trinajstić information content (AvgIpc) is 2.94. The van der Waals surface area contributed by atoms with E-state index in [0.717, 1.165) is 11.8 Å². The fourth-order valence-electron chi connectivity index (χ4n) is 7.01. The van der Waals surface area contributed by atoms with E-state index in [9.17, 15) is 0 Å². The van der Waals surface area contributed by atoms with E-state index < -0.39 is 0 Å². The van der Waals surface area contributed by atoms with Crippen molar-refractivity contribution in [3.63, 3.8) is 0 Å². The standard InChI is InChI=1S/C38H69P/c1-3-5-7-8-9-10-11-12-17-24-30-37-33-36(31-32-38(37)39)35-28-22-16-14-13-15-20-26-34(25-6-4-2)27-21-18-19-23-29-35/h31-35H,3-30,39H2,1-2H3. The molecule has 3 unspecified atom stereocenters. The van der Waals surface area contributed by atoms with Crippen molar-refractivity contribution in [2.24, 2.45) is 5.92 Å². The van der Waals surface area contributed by atoms with Gasteiger partial charge in [-0.25, -0.2) is 0 Å². The van der Waals surface area contributed by atoms with Gasteiger partial charge in [0, 0.05) is 0 Å². The van der Waals surface area contributed by atoms with Crippen LogP contribution in [0.25, 0.3) is 0 Å². The smallest absolute Gasteiger partial charge is 0.0162 e. The molecule has 0 nitrogen and oxygen atoms in total. The highest BCUT2D eigenvalue weighted by Gasteiger charge is 2.14. The van der Waals surface area contributed by atoms with Gasteiger partial charge in [-0.15, -0.1) is 9.24 Å². The lowest BCUT2D eigenvalue weighted by molar-refractivity contribution is 0.367. The van der Waals surface area contributed by atoms with Gasteiger partial charge in [-0.2, -0.15) is 0 Å². The molecule has 0 heterocycles. The Morgan fingerprint density at radius 1 is 0.564 bits per heavy atom. The number of hydrogen-bond donors (Lipinski definition) is 0. The number of benzene rings is 1. The van der Waals surface area contributed by atoms with Gasteiger partial charge in [0.25, 0.3) is 0 Å². The number of aryl methyl sites for hydroxylation is 1. The first-order valence-corrected chi connectivity index (χ1v) is 18.7. The predicted octanol–water partition coefficient (Wildman–Crippen LogP) is 13.0. The topological polar surface area (TPSA) is 0 Å². The van der Waals surface area contributed by atoms with Gasteiger partial charge in [-0.05, 0) is 54.0 Å². The third kappa shape index (κ3) is 17.3. The van der Waals surface area contributed by atoms with Gasteiger partial charge in [-0.1, -0.05) is 186 Å². The molecule has 1 heteroatoms. The Kier molecular flexibility index (Phi) is 21.7. The van der Waals surface area contributed by atoms with Crippen LogP contribution in [0.2, 0.25) is 0 Å². The Hall–Kier alpha value is -0.350. The molecular formula is C38H69P. The highest BCUT2D eigenvalue weighted by molar-refractivity contribution is 7.27. The van der Waals surface area contributed by atoms with Crippen LogP contribution in [0.15, 0.2) is 18.2 Å². The minimum atomic E-state index is 0.785. The Bertz CT molecular complexity index is 679. The summed E-state index contributed by atoms with van der Waals surface area (Å²) in [5.74, 6) is 1.80. The van der Waals surface area contributed by atoms with E-state index in [2.05, 4.69) is 41.3 Å². The van der Waals surface area contributed by atoms with Crippen LogP contribution in [0.3, 0.4) is 0 Å². The second kappa shape index (κ2) is 24.3. The van der Waals surface area contributed by atoms with E-state index in [1.54, 1.807) is 11.1 Å². The summed E-state index contributed by atoms with van der Waals surface area (Å²) in [6.45, 7) is 4.67. The summed E-state index contributed by atoms with van der Waals surface area (Å²) in [7, 11) is 3.04. The van der Waals surface area contributed by atoms with E-state index in [0.29, 0.717) is 0 Å². The van der Waals surface area contributed by atoms with Crippen LogP contribution < -0.4 is 5.30 Å². The molecule has 39 heavy (non-hydrogen) atoms. The average molecular weight is 557 g/mol. The van der Waals surface area contributed by atoms with Gasteiger partial charge in [0.15, 0.2) is 0 Å². The van der Waals surface area contributed by atoms with Gasteiger partial charge in [0.2, 0.25) is 0 Å². The molecule has 0 amide bonds. The maximum absolute atomic E-state index is 3.04. The Balaban J connectivity index is 1.80. The Morgan fingerprint density at radius 2 is 1.05 bits per heavy atom. The minimum Gasteiger partial charge on any atom is -0.105 e. The summed E-state index contributed by atoms with van der Waals surface area (Å²) in [6, 6.07) is 7.52. The molecule has 1 fully saturated rings. The normalized spacial score (nSPS) is 20.7. The Morgan fingerprint density at radius 3 is 1.62 bits per heavy atom. The highest BCUT2D eigenvalue weighted by atomic mass is 31.0. The van der Waals surface area contributed by atoms with Crippen LogP contribution in [0.4, 0.5) is 0 Å². The number of rotatable bonds is 15. The first kappa shape index (κ1) is 34.8. The molecule has 1 aliphatic rings. The maximum atomic E-state index is 3.04. The third-order valence-electron chi connectivity index (χ3n) is 9.73. The summed E-state index contributed by atoms with van der Waals surface area (Å²) < 4.78 is 0. The van der Waals surface area contributed by atoms with Crippen molar-refractivity contribution in [2.75, 3.05) is 0 Å². The summed E-state index contributed by atoms with van der Waals surface area (Å²) >= 11 is 0. The molecule has 0 spiro atoms. The molecule has 2 rings (SSSR count). The summed E-state index contributed by atoms with van der Waals surface area (Å²) in [5.41, 5.74) is 3.27. The molecule has 1 aliphatic carbocycles. The zero-order valence-electron chi connectivity index (χ0n) is 26.8. The van der Waals surface area contributed by atoms with Crippen molar-refractivity contribution >= 4 is 14.5 Å². The van der Waals surface area contributed by atoms with Crippen LogP contribution in [0.5, 0.6) is 0 Å². The van der Waals surface area contributed by atoms with Crippen molar-refractivity contribution in [3.8, 4) is 0 Å². The van der Waals surface area contributed by atoms with Crippen LogP contribution in [0, 0.1) is 5.92 Å². The molecule has 0 radical (unpaired) electrons. The van der Waals surface area contributed by atoms with E-state index in [4.69, 9.17) is 0 Å². The third-order valence-corrected chi connectivity index (χ3v) is 10.3. The van der Waals surface area contributed by atoms with Crippen molar-refractivity contribution in [1.29, 1.82) is 0 Å². The minimum absolute atomic E-state index is 0.785. The second-order valence-electron chi connectivity index (χ2n) is 13.3. The van der Waals surface area contributed by atoms with Crippen LogP contribution in [0.1, 0.15) is 204 Å². The summed E-state index contributed by atoms with van der Waals surface area (Å²) in [6.07, 6.45) is 40.3. The van der Waals surface area contributed by atoms with Gasteiger partial charge >= 0.3 is 0 Å². The molecule has 0 bridgehead atoms. The van der Waals surface area contributed by atoms with E-state index in [1.165, 1.54) is 185 Å². The lowest BCUT2D eigenvalue weighted by Gasteiger charge is -2.20. The van der Waals surface area contributed by atoms with Crippen LogP contribution in [-0.2, 0) is 6.42 Å². The van der Waals surface area contributed by atoms with E-state index in [1.807, 2.05) is 0 Å². The monoisotopic (exact) mass is 557 g/mol. The van der Waals surface area contributed by atoms with Crippen molar-refractivity contribution < 1.29 is 0 Å². The fourth-order valence-corrected chi connectivity index (χ4v) is 7.33. The maximum Gasteiger partial charge on any atom is -0.0162 e. The lowest BCUT2D eigenvalue weighted by Crippen LogP contribution is -2.07. The molecule has 0 N–H and O–H groups in total. The summed E-state index contributed by atoms with van der Waals surface area (Å²) in [4.78, 5) is 0. The van der Waals surface area contributed by atoms with E-state index in [-0.39, 0.29) is 0 Å². The molecular weight excluding hydrogens is 487 g/mol. The molecule has 1 aromatic rings. The SMILES string of the molecule is CCCCCCCCCCCCc1cc(C2CCCCCCCCC(CCCC)CCCCCC2)ccc1P. The van der Waals surface area contributed by atoms with Gasteiger partial charge < -0.3 is 0 Å². The van der Waals surface area contributed by atoms with E-state index >= 15 is 0 Å². The lowest BCUT2D eigenvalue weighted by atomic mass is 9.86. The molecule has 1 aromatic carbocycles. The zero-order valence-corrected chi connectivity index (χ0v) is 27.9. The highest BCUT2D eigenvalue weighted by Crippen LogP contribution is 2.31. The van der Waals surface area contributed by atoms with Gasteiger partial charge in [0.1, 0.15) is 0 Å². The number of hydrogen-bond acceptors (Lipinski definition) is 0. The van der Waals surface area contributed by atoms with Gasteiger partial charge in [-0.3, -0.25) is 0 Å². The predicted molar refractivity (Wildman–Crippen MR) is 182 cm³/mol. The Labute approximate surface area is 248 Å². The number of unbranched alkanes of at least 4 members (excludes halogenated alkanes) is 10. The second-order valence-corrected chi connectivity index (χ2v) is 13.9. The first-order chi connectivity index (χ1) is 19.2. The van der Waals surface area contributed by atoms with Crippen molar-refractivity contribution in [1.82, 2.24) is 0 Å². The molecule has 0 saturated heterocycles. The first-order valence-electron chi connectivity index (χ1n) is 18.1. The molecule has 3 atom stereocenters. The van der Waals surface area contributed by atoms with Gasteiger partial charge in [0.05, 0.1) is 0 Å². The van der Waals surface area contributed by atoms with Crippen molar-refractivity contribution in [3.05, 3.63) is 29.3 Å². The van der Waals surface area contributed by atoms with Crippen LogP contribution in [-0.4, -0.2) is 0 Å².